The van der Waals surface area contributed by atoms with Crippen LogP contribution in [-0.2, 0) is 33.6 Å². The lowest BCUT2D eigenvalue weighted by molar-refractivity contribution is -0.168. The van der Waals surface area contributed by atoms with E-state index in [1.807, 2.05) is 80.6 Å². The van der Waals surface area contributed by atoms with Gasteiger partial charge in [0.1, 0.15) is 24.6 Å². The minimum absolute atomic E-state index is 0.0249. The van der Waals surface area contributed by atoms with Gasteiger partial charge < -0.3 is 57.7 Å². The smallest absolute Gasteiger partial charge is 0.243 e. The van der Waals surface area contributed by atoms with Crippen molar-refractivity contribution in [1.82, 2.24) is 21.3 Å². The largest absolute Gasteiger partial charge is 0.508 e. The number of ether oxygens (including phenoxy) is 1. The van der Waals surface area contributed by atoms with E-state index >= 15 is 4.79 Å². The topological polar surface area (TPSA) is 257 Å². The quantitative estimate of drug-likeness (QED) is 0.0978. The Morgan fingerprint density at radius 1 is 0.952 bits per heavy atom. The van der Waals surface area contributed by atoms with Gasteiger partial charge >= 0.3 is 0 Å². The summed E-state index contributed by atoms with van der Waals surface area (Å²) in [4.78, 5) is 34.0. The van der Waals surface area contributed by atoms with Crippen molar-refractivity contribution in [2.75, 3.05) is 32.8 Å². The molecule has 2 bridgehead atoms. The number of aliphatic imine (C=N–C) groups is 1. The highest BCUT2D eigenvalue weighted by molar-refractivity contribution is 5.98. The van der Waals surface area contributed by atoms with Crippen LogP contribution in [0.4, 0.5) is 0 Å². The first-order valence-electron chi connectivity index (χ1n) is 29.7. The Morgan fingerprint density at radius 2 is 1.72 bits per heavy atom. The molecule has 83 heavy (non-hydrogen) atoms. The van der Waals surface area contributed by atoms with E-state index in [-0.39, 0.29) is 69.1 Å². The predicted octanol–water partition coefficient (Wildman–Crippen LogP) is 6.57. The van der Waals surface area contributed by atoms with Gasteiger partial charge in [-0.2, -0.15) is 4.99 Å². The zero-order chi connectivity index (χ0) is 59.1. The van der Waals surface area contributed by atoms with E-state index in [1.54, 1.807) is 12.1 Å². The number of aliphatic hydroxyl groups excluding tert-OH is 2. The van der Waals surface area contributed by atoms with Gasteiger partial charge in [-0.3, -0.25) is 14.9 Å². The number of aromatic hydroxyl groups is 1. The SMILES string of the molecule is C=C1C=CC=C(C2CCC3(C4CCC(O)Cc5cccc(c5)CC5C(c6ccc(O)cc6)CNC(N)=NC#CCC5(O)CNC5C(=O)NC(N)c6cccc(c65)CC(=O)C(C)=C4CCC3(C)O)C2O)COCC#CCC(C)=CCC1NCC. The molecule has 2 saturated carbocycles. The zero-order valence-electron chi connectivity index (χ0n) is 48.6. The van der Waals surface area contributed by atoms with E-state index < -0.39 is 70.6 Å². The lowest BCUT2D eigenvalue weighted by Gasteiger charge is -2.56. The first-order chi connectivity index (χ1) is 39.8. The van der Waals surface area contributed by atoms with Crippen LogP contribution in [0.5, 0.6) is 5.75 Å². The fourth-order valence-electron chi connectivity index (χ4n) is 14.4. The molecule has 1 amide bonds. The van der Waals surface area contributed by atoms with Crippen molar-refractivity contribution >= 4 is 17.6 Å². The normalized spacial score (nSPS) is 32.4. The van der Waals surface area contributed by atoms with Crippen LogP contribution in [0.3, 0.4) is 0 Å². The Morgan fingerprint density at radius 3 is 2.51 bits per heavy atom. The molecular weight excluding hydrogens is 1040 g/mol. The lowest BCUT2D eigenvalue weighted by atomic mass is 9.52. The third-order valence-electron chi connectivity index (χ3n) is 19.0. The summed E-state index contributed by atoms with van der Waals surface area (Å²) >= 11 is 0. The molecule has 2 aliphatic carbocycles. The van der Waals surface area contributed by atoms with Gasteiger partial charge in [0.2, 0.25) is 11.9 Å². The number of phenolic OH excluding ortho intramolecular Hbond substituents is 1. The van der Waals surface area contributed by atoms with Crippen molar-refractivity contribution in [3.8, 4) is 29.6 Å². The van der Waals surface area contributed by atoms with Crippen molar-refractivity contribution < 1.29 is 39.9 Å². The first kappa shape index (κ1) is 60.9. The molecule has 3 aromatic rings. The number of ketones is 1. The number of allylic oxidation sites excluding steroid dienone is 5. The molecule has 6 aliphatic rings. The van der Waals surface area contributed by atoms with E-state index in [0.717, 1.165) is 46.4 Å². The molecule has 15 nitrogen and oxygen atoms in total. The van der Waals surface area contributed by atoms with Crippen LogP contribution < -0.4 is 32.7 Å². The third-order valence-corrected chi connectivity index (χ3v) is 19.0. The summed E-state index contributed by atoms with van der Waals surface area (Å²) in [6.45, 7) is 13.6. The summed E-state index contributed by atoms with van der Waals surface area (Å²) in [5.74, 6) is 7.09. The monoisotopic (exact) mass is 1130 g/mol. The average Bonchev–Trinajstić information content (AvgIpc) is 2.20. The maximum absolute atomic E-state index is 15.3. The molecule has 4 heterocycles. The summed E-state index contributed by atoms with van der Waals surface area (Å²) < 4.78 is 6.26. The average molecular weight is 1130 g/mol. The van der Waals surface area contributed by atoms with Crippen molar-refractivity contribution in [3.63, 3.8) is 0 Å². The Balaban J connectivity index is 1.13. The van der Waals surface area contributed by atoms with Gasteiger partial charge in [0.05, 0.1) is 30.0 Å². The minimum Gasteiger partial charge on any atom is -0.508 e. The number of amides is 1. The number of fused-ring (bicyclic) bond motifs is 5. The molecule has 440 valence electrons. The molecule has 0 saturated heterocycles. The highest BCUT2D eigenvalue weighted by Gasteiger charge is 2.64. The van der Waals surface area contributed by atoms with Gasteiger partial charge in [-0.1, -0.05) is 121 Å². The second-order valence-corrected chi connectivity index (χ2v) is 24.2. The Bertz CT molecular complexity index is 3190. The Hall–Kier alpha value is -6.63. The number of guanidine groups is 1. The predicted molar refractivity (Wildman–Crippen MR) is 324 cm³/mol. The molecule has 12 unspecified atom stereocenters. The molecule has 9 rings (SSSR count). The number of hydrogen-bond donors (Lipinski definition) is 11. The second kappa shape index (κ2) is 26.5. The molecule has 12 atom stereocenters. The Labute approximate surface area is 489 Å². The number of carbonyl (C=O) groups excluding carboxylic acids is 2. The highest BCUT2D eigenvalue weighted by atomic mass is 16.5. The summed E-state index contributed by atoms with van der Waals surface area (Å²) in [5.41, 5.74) is 17.5. The van der Waals surface area contributed by atoms with Gasteiger partial charge in [-0.15, -0.1) is 0 Å². The highest BCUT2D eigenvalue weighted by Crippen LogP contribution is 2.63. The van der Waals surface area contributed by atoms with E-state index in [4.69, 9.17) is 16.2 Å². The fraction of sp³-hybridized carbons (Fsp3) is 0.485. The van der Waals surface area contributed by atoms with Crippen LogP contribution in [0.25, 0.3) is 0 Å². The van der Waals surface area contributed by atoms with Crippen molar-refractivity contribution in [2.45, 2.75) is 152 Å². The van der Waals surface area contributed by atoms with Crippen LogP contribution in [0.1, 0.15) is 137 Å². The number of hydrogen-bond acceptors (Lipinski definition) is 14. The zero-order valence-corrected chi connectivity index (χ0v) is 48.6. The molecule has 2 fully saturated rings. The summed E-state index contributed by atoms with van der Waals surface area (Å²) in [7, 11) is 0. The Kier molecular flexibility index (Phi) is 19.5. The lowest BCUT2D eigenvalue weighted by Crippen LogP contribution is -2.59. The van der Waals surface area contributed by atoms with Gasteiger partial charge in [0.15, 0.2) is 5.78 Å². The fourth-order valence-corrected chi connectivity index (χ4v) is 14.4. The number of nitrogens with two attached hydrogens (primary N) is 2. The number of phenols is 1. The van der Waals surface area contributed by atoms with E-state index in [2.05, 4.69) is 82.6 Å². The number of aliphatic hydroxyl groups is 4. The first-order valence-corrected chi connectivity index (χ1v) is 29.7. The number of nitrogens with one attached hydrogen (secondary N) is 4. The number of nitrogens with zero attached hydrogens (tertiary/aromatic N) is 1. The number of carbonyl (C=O) groups is 2. The van der Waals surface area contributed by atoms with Gasteiger partial charge in [0.25, 0.3) is 0 Å². The molecule has 0 radical (unpaired) electrons. The molecule has 3 aromatic carbocycles. The standard InChI is InChI=1S/C68H85N7O8/c1-6-71-58-27-20-42(2)13-7-8-34-83-40-49(18-9-14-43(58)3)53-29-32-68(62(53)79)56-26-25-51(77)36-45-15-10-16-46(35-45)37-57-55(47-21-23-50(76)24-22-47)39-73-65(70)72-33-12-30-67(57,82)41-74-61-60-48(17-11-19-54(60)63(69)75-64(61)80)38-59(78)44(4)52(56)28-31-66(68,5)81/h9-11,14-24,35,51,53,55-58,61-63,71,74,76-77,79,81-82H,3,6,13,25-32,34,36-41,69H2,1-2,4-5H3,(H,75,80)(H3,70,72,73). The van der Waals surface area contributed by atoms with Crippen molar-refractivity contribution in [1.29, 1.82) is 0 Å². The van der Waals surface area contributed by atoms with Crippen LogP contribution in [0.2, 0.25) is 0 Å². The molecular formula is C68H85N7O8. The van der Waals surface area contributed by atoms with Crippen LogP contribution >= 0.6 is 0 Å². The van der Waals surface area contributed by atoms with Crippen LogP contribution in [0, 0.1) is 47.0 Å². The molecule has 0 aromatic heterocycles. The number of β-amino-alcohol motifs (C(OH)–C–C–N with tert-alkyl or cyclic N) is 1. The number of Topliss-reactive ketones (excluding diaryl/α,β-unsaturated/α-hetero) is 1. The number of likely N-dealkylation sites (N-methyl/N-ethyl adjacent to an activating group) is 1. The minimum atomic E-state index is -1.64. The van der Waals surface area contributed by atoms with Gasteiger partial charge in [-0.05, 0) is 153 Å². The van der Waals surface area contributed by atoms with Crippen molar-refractivity contribution in [3.05, 3.63) is 159 Å². The van der Waals surface area contributed by atoms with Gasteiger partial charge in [-0.25, -0.2) is 0 Å². The third kappa shape index (κ3) is 13.5. The van der Waals surface area contributed by atoms with Crippen LogP contribution in [-0.4, -0.2) is 105 Å². The van der Waals surface area contributed by atoms with Crippen LogP contribution in [0.15, 0.2) is 130 Å². The van der Waals surface area contributed by atoms with E-state index in [1.165, 1.54) is 5.57 Å². The number of rotatable bonds is 4. The summed E-state index contributed by atoms with van der Waals surface area (Å²) in [6.07, 6.45) is 9.65. The molecule has 1 spiro atoms. The molecule has 15 heteroatoms. The summed E-state index contributed by atoms with van der Waals surface area (Å²) in [6, 6.07) is 22.1. The number of benzene rings is 3. The molecule has 13 N–H and O–H groups in total. The van der Waals surface area contributed by atoms with Gasteiger partial charge in [0, 0.05) is 67.6 Å². The molecule has 4 aliphatic heterocycles. The van der Waals surface area contributed by atoms with E-state index in [9.17, 15) is 30.3 Å². The maximum atomic E-state index is 15.3. The van der Waals surface area contributed by atoms with Crippen molar-refractivity contribution in [2.24, 2.45) is 39.6 Å². The maximum Gasteiger partial charge on any atom is 0.243 e. The second-order valence-electron chi connectivity index (χ2n) is 24.2. The summed E-state index contributed by atoms with van der Waals surface area (Å²) in [5, 5.41) is 75.5. The van der Waals surface area contributed by atoms with E-state index in [0.29, 0.717) is 73.6 Å².